The molecule has 4 aromatic rings. The van der Waals surface area contributed by atoms with Crippen LogP contribution in [0, 0.1) is 18.7 Å². The Kier molecular flexibility index (Phi) is 6.36. The van der Waals surface area contributed by atoms with Crippen LogP contribution >= 0.6 is 0 Å². The molecule has 0 atom stereocenters. The van der Waals surface area contributed by atoms with Gasteiger partial charge in [0.1, 0.15) is 5.69 Å². The molecule has 1 aromatic carbocycles. The number of H-pyrrole nitrogens is 2. The van der Waals surface area contributed by atoms with Crippen molar-refractivity contribution in [2.75, 3.05) is 20.2 Å². The molecule has 2 amide bonds. The van der Waals surface area contributed by atoms with Crippen molar-refractivity contribution in [2.45, 2.75) is 26.3 Å². The number of hydrogen-bond acceptors (Lipinski definition) is 6. The van der Waals surface area contributed by atoms with Gasteiger partial charge in [-0.1, -0.05) is 6.07 Å². The summed E-state index contributed by atoms with van der Waals surface area (Å²) in [5, 5.41) is 18.0. The zero-order valence-corrected chi connectivity index (χ0v) is 20.0. The zero-order chi connectivity index (χ0) is 25.2. The number of methoxy groups -OCH3 is 1. The quantitative estimate of drug-likeness (QED) is 0.380. The Balaban J connectivity index is 1.16. The number of carbonyl (C=O) groups is 2. The molecule has 1 saturated heterocycles. The first-order valence-corrected chi connectivity index (χ1v) is 11.7. The number of carbonyl (C=O) groups excluding carboxylic acids is 2. The number of hydrogen-bond donors (Lipinski definition) is 3. The Morgan fingerprint density at radius 1 is 1.17 bits per heavy atom. The smallest absolute Gasteiger partial charge is 0.271 e. The van der Waals surface area contributed by atoms with E-state index in [9.17, 15) is 14.0 Å². The third-order valence-corrected chi connectivity index (χ3v) is 6.55. The van der Waals surface area contributed by atoms with E-state index in [1.54, 1.807) is 4.90 Å². The van der Waals surface area contributed by atoms with Gasteiger partial charge in [0, 0.05) is 48.3 Å². The number of pyridine rings is 1. The van der Waals surface area contributed by atoms with Gasteiger partial charge in [-0.25, -0.2) is 9.37 Å². The average molecular weight is 492 g/mol. The Morgan fingerprint density at radius 2 is 1.97 bits per heavy atom. The number of piperidine rings is 1. The fourth-order valence-electron chi connectivity index (χ4n) is 4.44. The number of aromatic nitrogens is 5. The summed E-state index contributed by atoms with van der Waals surface area (Å²) in [5.41, 5.74) is 3.63. The van der Waals surface area contributed by atoms with Crippen LogP contribution in [0.4, 0.5) is 4.39 Å². The predicted octanol–water partition coefficient (Wildman–Crippen LogP) is 2.97. The van der Waals surface area contributed by atoms with Crippen LogP contribution in [0.25, 0.3) is 22.2 Å². The van der Waals surface area contributed by atoms with E-state index in [0.29, 0.717) is 32.5 Å². The van der Waals surface area contributed by atoms with Crippen LogP contribution in [0.3, 0.4) is 0 Å². The Bertz CT molecular complexity index is 1420. The van der Waals surface area contributed by atoms with Gasteiger partial charge in [0.05, 0.1) is 24.5 Å². The van der Waals surface area contributed by atoms with Gasteiger partial charge < -0.3 is 15.0 Å². The average Bonchev–Trinajstić information content (AvgIpc) is 3.54. The first-order chi connectivity index (χ1) is 17.4. The van der Waals surface area contributed by atoms with Crippen LogP contribution < -0.4 is 10.1 Å². The van der Waals surface area contributed by atoms with Crippen molar-refractivity contribution in [3.8, 4) is 17.1 Å². The van der Waals surface area contributed by atoms with Crippen LogP contribution in [-0.2, 0) is 11.3 Å². The third-order valence-electron chi connectivity index (χ3n) is 6.55. The van der Waals surface area contributed by atoms with Gasteiger partial charge in [-0.15, -0.1) is 0 Å². The molecule has 0 unspecified atom stereocenters. The van der Waals surface area contributed by atoms with Crippen LogP contribution in [0.5, 0.6) is 5.88 Å². The molecule has 0 aliphatic carbocycles. The van der Waals surface area contributed by atoms with Gasteiger partial charge in [-0.2, -0.15) is 10.2 Å². The number of halogens is 1. The van der Waals surface area contributed by atoms with Crippen molar-refractivity contribution < 1.29 is 18.7 Å². The maximum atomic E-state index is 14.2. The van der Waals surface area contributed by atoms with E-state index in [4.69, 9.17) is 4.74 Å². The topological polar surface area (TPSA) is 129 Å². The van der Waals surface area contributed by atoms with Gasteiger partial charge in [-0.05, 0) is 43.5 Å². The molecule has 0 bridgehead atoms. The first-order valence-electron chi connectivity index (χ1n) is 11.7. The van der Waals surface area contributed by atoms with Gasteiger partial charge in [0.15, 0.2) is 5.82 Å². The maximum absolute atomic E-state index is 14.2. The molecule has 1 aliphatic heterocycles. The number of nitrogens with zero attached hydrogens (tertiary/aromatic N) is 4. The number of fused-ring (bicyclic) bond motifs is 1. The molecule has 4 heterocycles. The lowest BCUT2D eigenvalue weighted by molar-refractivity contribution is -0.126. The SMILES string of the molecule is COc1cc(-c2cc(C(=O)N3CCC(C(=O)NCc4ccc5n[nH]c(C)c5c4)CC3)[nH]n2)c(F)cn1. The molecule has 5 rings (SSSR count). The molecular weight excluding hydrogens is 465 g/mol. The van der Waals surface area contributed by atoms with Crippen LogP contribution in [-0.4, -0.2) is 62.3 Å². The highest BCUT2D eigenvalue weighted by Crippen LogP contribution is 2.26. The van der Waals surface area contributed by atoms with Crippen LogP contribution in [0.15, 0.2) is 36.5 Å². The lowest BCUT2D eigenvalue weighted by atomic mass is 9.95. The largest absolute Gasteiger partial charge is 0.481 e. The van der Waals surface area contributed by atoms with Crippen molar-refractivity contribution in [1.29, 1.82) is 0 Å². The highest BCUT2D eigenvalue weighted by atomic mass is 19.1. The second kappa shape index (κ2) is 9.76. The molecule has 36 heavy (non-hydrogen) atoms. The summed E-state index contributed by atoms with van der Waals surface area (Å²) in [5.74, 6) is -0.730. The van der Waals surface area contributed by atoms with E-state index in [0.717, 1.165) is 28.4 Å². The molecule has 0 spiro atoms. The minimum absolute atomic E-state index is 0.0166. The molecule has 0 radical (unpaired) electrons. The summed E-state index contributed by atoms with van der Waals surface area (Å²) in [6.07, 6.45) is 2.18. The Morgan fingerprint density at radius 3 is 2.75 bits per heavy atom. The molecule has 10 nitrogen and oxygen atoms in total. The van der Waals surface area contributed by atoms with Gasteiger partial charge in [-0.3, -0.25) is 19.8 Å². The molecule has 11 heteroatoms. The number of benzene rings is 1. The monoisotopic (exact) mass is 491 g/mol. The molecule has 0 saturated carbocycles. The number of amides is 2. The minimum Gasteiger partial charge on any atom is -0.481 e. The lowest BCUT2D eigenvalue weighted by Gasteiger charge is -2.31. The minimum atomic E-state index is -0.562. The van der Waals surface area contributed by atoms with E-state index < -0.39 is 5.82 Å². The predicted molar refractivity (Wildman–Crippen MR) is 130 cm³/mol. The molecular formula is C25H26FN7O3. The first kappa shape index (κ1) is 23.5. The lowest BCUT2D eigenvalue weighted by Crippen LogP contribution is -2.43. The van der Waals surface area contributed by atoms with E-state index in [1.165, 1.54) is 19.2 Å². The molecule has 1 aliphatic rings. The molecule has 186 valence electrons. The fraction of sp³-hybridized carbons (Fsp3) is 0.320. The van der Waals surface area contributed by atoms with Gasteiger partial charge in [0.25, 0.3) is 5.91 Å². The molecule has 1 fully saturated rings. The van der Waals surface area contributed by atoms with E-state index in [1.807, 2.05) is 25.1 Å². The zero-order valence-electron chi connectivity index (χ0n) is 20.0. The third kappa shape index (κ3) is 4.64. The summed E-state index contributed by atoms with van der Waals surface area (Å²) in [4.78, 5) is 31.2. The van der Waals surface area contributed by atoms with E-state index >= 15 is 0 Å². The van der Waals surface area contributed by atoms with E-state index in [-0.39, 0.29) is 40.6 Å². The summed E-state index contributed by atoms with van der Waals surface area (Å²) in [7, 11) is 1.44. The maximum Gasteiger partial charge on any atom is 0.271 e. The highest BCUT2D eigenvalue weighted by Gasteiger charge is 2.28. The highest BCUT2D eigenvalue weighted by molar-refractivity contribution is 5.93. The van der Waals surface area contributed by atoms with Crippen molar-refractivity contribution in [2.24, 2.45) is 5.92 Å². The number of aromatic amines is 2. The van der Waals surface area contributed by atoms with Crippen molar-refractivity contribution >= 4 is 22.7 Å². The van der Waals surface area contributed by atoms with Gasteiger partial charge >= 0.3 is 0 Å². The number of likely N-dealkylation sites (tertiary alicyclic amines) is 1. The van der Waals surface area contributed by atoms with Crippen molar-refractivity contribution in [3.05, 3.63) is 59.3 Å². The Labute approximate surface area is 206 Å². The van der Waals surface area contributed by atoms with Crippen LogP contribution in [0.2, 0.25) is 0 Å². The second-order valence-corrected chi connectivity index (χ2v) is 8.86. The van der Waals surface area contributed by atoms with E-state index in [2.05, 4.69) is 30.7 Å². The Hall–Kier alpha value is -4.28. The van der Waals surface area contributed by atoms with Crippen molar-refractivity contribution in [3.63, 3.8) is 0 Å². The summed E-state index contributed by atoms with van der Waals surface area (Å²) in [6, 6.07) is 8.86. The number of ether oxygens (including phenoxy) is 1. The number of aryl methyl sites for hydroxylation is 1. The summed E-state index contributed by atoms with van der Waals surface area (Å²) >= 11 is 0. The summed E-state index contributed by atoms with van der Waals surface area (Å²) in [6.45, 7) is 3.29. The molecule has 3 aromatic heterocycles. The van der Waals surface area contributed by atoms with Crippen LogP contribution in [0.1, 0.15) is 34.6 Å². The standard InChI is InChI=1S/C25H26FN7O3/c1-14-17-9-15(3-4-20(17)30-29-14)12-28-24(34)16-5-7-33(8-6-16)25(35)22-11-21(31-32-22)18-10-23(36-2)27-13-19(18)26/h3-4,9-11,13,16H,5-8,12H2,1-2H3,(H,28,34)(H,29,30)(H,31,32). The fourth-order valence-corrected chi connectivity index (χ4v) is 4.44. The molecule has 3 N–H and O–H groups in total. The normalized spacial score (nSPS) is 14.2. The number of rotatable bonds is 6. The second-order valence-electron chi connectivity index (χ2n) is 8.86. The number of nitrogens with one attached hydrogen (secondary N) is 3. The summed E-state index contributed by atoms with van der Waals surface area (Å²) < 4.78 is 19.3. The van der Waals surface area contributed by atoms with Crippen molar-refractivity contribution in [1.82, 2.24) is 35.6 Å². The van der Waals surface area contributed by atoms with Gasteiger partial charge in [0.2, 0.25) is 11.8 Å².